The van der Waals surface area contributed by atoms with Crippen molar-refractivity contribution in [3.8, 4) is 0 Å². The molecule has 3 rings (SSSR count). The van der Waals surface area contributed by atoms with Crippen LogP contribution in [0.3, 0.4) is 0 Å². The lowest BCUT2D eigenvalue weighted by molar-refractivity contribution is -0.384. The van der Waals surface area contributed by atoms with Crippen LogP contribution in [0, 0.1) is 10.1 Å². The molecule has 2 N–H and O–H groups in total. The van der Waals surface area contributed by atoms with E-state index >= 15 is 0 Å². The van der Waals surface area contributed by atoms with Crippen molar-refractivity contribution in [3.05, 3.63) is 46.4 Å². The average Bonchev–Trinajstić information content (AvgIpc) is 3.39. The summed E-state index contributed by atoms with van der Waals surface area (Å²) < 4.78 is 0. The number of aromatic nitrogens is 3. The van der Waals surface area contributed by atoms with Crippen molar-refractivity contribution < 1.29 is 10.0 Å². The number of nitrogens with one attached hydrogen (secondary N) is 1. The van der Waals surface area contributed by atoms with Crippen LogP contribution in [0.4, 0.5) is 17.5 Å². The number of aliphatic hydroxyl groups is 1. The number of anilines is 2. The summed E-state index contributed by atoms with van der Waals surface area (Å²) in [7, 11) is 0. The number of hydrogen-bond donors (Lipinski definition) is 2. The Balaban J connectivity index is 1.87. The molecule has 24 heavy (non-hydrogen) atoms. The molecule has 1 aliphatic carbocycles. The summed E-state index contributed by atoms with van der Waals surface area (Å²) in [4.78, 5) is 24.9. The molecule has 0 aromatic carbocycles. The number of rotatable bonds is 8. The van der Waals surface area contributed by atoms with Crippen LogP contribution in [-0.2, 0) is 6.54 Å². The summed E-state index contributed by atoms with van der Waals surface area (Å²) in [5.74, 6) is 0.559. The van der Waals surface area contributed by atoms with Crippen LogP contribution >= 0.6 is 0 Å². The Morgan fingerprint density at radius 1 is 1.42 bits per heavy atom. The maximum atomic E-state index is 11.1. The van der Waals surface area contributed by atoms with Gasteiger partial charge in [0.1, 0.15) is 6.20 Å². The second-order valence-corrected chi connectivity index (χ2v) is 5.59. The van der Waals surface area contributed by atoms with E-state index in [1.807, 2.05) is 12.1 Å². The minimum Gasteiger partial charge on any atom is -0.395 e. The molecule has 2 aromatic rings. The predicted octanol–water partition coefficient (Wildman–Crippen LogP) is 1.35. The molecule has 9 nitrogen and oxygen atoms in total. The van der Waals surface area contributed by atoms with Gasteiger partial charge in [-0.3, -0.25) is 15.1 Å². The fraction of sp³-hybridized carbons (Fsp3) is 0.400. The zero-order valence-electron chi connectivity index (χ0n) is 13.0. The first-order valence-corrected chi connectivity index (χ1v) is 7.70. The van der Waals surface area contributed by atoms with Gasteiger partial charge >= 0.3 is 5.69 Å². The van der Waals surface area contributed by atoms with Crippen LogP contribution in [0.25, 0.3) is 0 Å². The summed E-state index contributed by atoms with van der Waals surface area (Å²) >= 11 is 0. The topological polar surface area (TPSA) is 117 Å². The zero-order chi connectivity index (χ0) is 16.9. The van der Waals surface area contributed by atoms with E-state index in [9.17, 15) is 15.2 Å². The molecule has 0 atom stereocenters. The Labute approximate surface area is 138 Å². The Hall–Kier alpha value is -2.81. The van der Waals surface area contributed by atoms with Crippen molar-refractivity contribution >= 4 is 17.5 Å². The summed E-state index contributed by atoms with van der Waals surface area (Å²) in [5, 5.41) is 23.5. The van der Waals surface area contributed by atoms with Gasteiger partial charge < -0.3 is 15.3 Å². The molecule has 0 spiro atoms. The molecule has 0 bridgehead atoms. The molecular weight excluding hydrogens is 312 g/mol. The Morgan fingerprint density at radius 2 is 2.25 bits per heavy atom. The normalized spacial score (nSPS) is 13.5. The zero-order valence-corrected chi connectivity index (χ0v) is 13.0. The first kappa shape index (κ1) is 16.1. The molecule has 0 radical (unpaired) electrons. The van der Waals surface area contributed by atoms with Gasteiger partial charge in [-0.25, -0.2) is 4.98 Å². The smallest absolute Gasteiger partial charge is 0.329 e. The Bertz CT molecular complexity index is 708. The SMILES string of the molecule is O=[N+]([O-])c1cnc(N(CCO)Cc2cccnc2)nc1NC1CC1. The minimum atomic E-state index is -0.494. The van der Waals surface area contributed by atoms with Crippen molar-refractivity contribution in [2.45, 2.75) is 25.4 Å². The van der Waals surface area contributed by atoms with Crippen LogP contribution in [-0.4, -0.2) is 44.2 Å². The van der Waals surface area contributed by atoms with E-state index in [-0.39, 0.29) is 24.2 Å². The van der Waals surface area contributed by atoms with Gasteiger partial charge in [-0.15, -0.1) is 0 Å². The van der Waals surface area contributed by atoms with Crippen molar-refractivity contribution in [1.82, 2.24) is 15.0 Å². The standard InChI is InChI=1S/C15H18N6O3/c22-7-6-20(10-11-2-1-5-16-8-11)15-17-9-13(21(23)24)14(19-15)18-12-3-4-12/h1-2,5,8-9,12,22H,3-4,6-7,10H2,(H,17,18,19). The number of aliphatic hydroxyl groups excluding tert-OH is 1. The summed E-state index contributed by atoms with van der Waals surface area (Å²) in [6.45, 7) is 0.691. The molecule has 2 aromatic heterocycles. The molecule has 1 saturated carbocycles. The first-order valence-electron chi connectivity index (χ1n) is 7.70. The van der Waals surface area contributed by atoms with Crippen molar-refractivity contribution in [2.75, 3.05) is 23.4 Å². The molecule has 0 saturated heterocycles. The van der Waals surface area contributed by atoms with Crippen LogP contribution in [0.15, 0.2) is 30.7 Å². The third-order valence-electron chi connectivity index (χ3n) is 3.62. The van der Waals surface area contributed by atoms with Crippen molar-refractivity contribution in [2.24, 2.45) is 0 Å². The van der Waals surface area contributed by atoms with E-state index in [1.165, 1.54) is 6.20 Å². The van der Waals surface area contributed by atoms with Crippen LogP contribution in [0.5, 0.6) is 0 Å². The lowest BCUT2D eigenvalue weighted by Gasteiger charge is -2.22. The van der Waals surface area contributed by atoms with Crippen molar-refractivity contribution in [1.29, 1.82) is 0 Å². The highest BCUT2D eigenvalue weighted by Gasteiger charge is 2.27. The maximum absolute atomic E-state index is 11.1. The van der Waals surface area contributed by atoms with Gasteiger partial charge in [-0.1, -0.05) is 6.07 Å². The molecule has 2 heterocycles. The van der Waals surface area contributed by atoms with Gasteiger partial charge in [0.05, 0.1) is 11.5 Å². The highest BCUT2D eigenvalue weighted by molar-refractivity contribution is 5.58. The molecule has 0 unspecified atom stereocenters. The lowest BCUT2D eigenvalue weighted by Crippen LogP contribution is -2.28. The van der Waals surface area contributed by atoms with Crippen LogP contribution < -0.4 is 10.2 Å². The monoisotopic (exact) mass is 330 g/mol. The highest BCUT2D eigenvalue weighted by atomic mass is 16.6. The molecule has 1 aliphatic rings. The minimum absolute atomic E-state index is 0.0774. The quantitative estimate of drug-likeness (QED) is 0.550. The van der Waals surface area contributed by atoms with Gasteiger partial charge in [0.25, 0.3) is 0 Å². The average molecular weight is 330 g/mol. The second-order valence-electron chi connectivity index (χ2n) is 5.59. The second kappa shape index (κ2) is 7.18. The van der Waals surface area contributed by atoms with Gasteiger partial charge in [0.2, 0.25) is 11.8 Å². The molecule has 9 heteroatoms. The van der Waals surface area contributed by atoms with Crippen LogP contribution in [0.2, 0.25) is 0 Å². The summed E-state index contributed by atoms with van der Waals surface area (Å²) in [6.07, 6.45) is 6.57. The van der Waals surface area contributed by atoms with E-state index in [1.54, 1.807) is 17.3 Å². The number of pyridine rings is 1. The van der Waals surface area contributed by atoms with Gasteiger partial charge in [-0.05, 0) is 24.5 Å². The highest BCUT2D eigenvalue weighted by Crippen LogP contribution is 2.30. The molecule has 126 valence electrons. The predicted molar refractivity (Wildman–Crippen MR) is 87.7 cm³/mol. The molecular formula is C15H18N6O3. The van der Waals surface area contributed by atoms with E-state index in [4.69, 9.17) is 0 Å². The molecule has 0 amide bonds. The fourth-order valence-electron chi connectivity index (χ4n) is 2.26. The largest absolute Gasteiger partial charge is 0.395 e. The molecule has 0 aliphatic heterocycles. The van der Waals surface area contributed by atoms with E-state index in [0.717, 1.165) is 18.4 Å². The van der Waals surface area contributed by atoms with E-state index < -0.39 is 4.92 Å². The third kappa shape index (κ3) is 3.93. The van der Waals surface area contributed by atoms with Crippen LogP contribution in [0.1, 0.15) is 18.4 Å². The number of nitro groups is 1. The Morgan fingerprint density at radius 3 is 2.88 bits per heavy atom. The van der Waals surface area contributed by atoms with Crippen molar-refractivity contribution in [3.63, 3.8) is 0 Å². The lowest BCUT2D eigenvalue weighted by atomic mass is 10.2. The van der Waals surface area contributed by atoms with Gasteiger partial charge in [0.15, 0.2) is 0 Å². The van der Waals surface area contributed by atoms with Gasteiger partial charge in [0, 0.05) is 31.5 Å². The summed E-state index contributed by atoms with van der Waals surface area (Å²) in [5.41, 5.74) is 0.792. The first-order chi connectivity index (χ1) is 11.7. The van der Waals surface area contributed by atoms with Gasteiger partial charge in [-0.2, -0.15) is 4.98 Å². The Kier molecular flexibility index (Phi) is 4.80. The van der Waals surface area contributed by atoms with E-state index in [2.05, 4.69) is 20.3 Å². The summed E-state index contributed by atoms with van der Waals surface area (Å²) in [6, 6.07) is 3.96. The molecule has 1 fully saturated rings. The number of hydrogen-bond acceptors (Lipinski definition) is 8. The van der Waals surface area contributed by atoms with E-state index in [0.29, 0.717) is 19.0 Å². The third-order valence-corrected chi connectivity index (χ3v) is 3.62. The number of nitrogens with zero attached hydrogens (tertiary/aromatic N) is 5. The fourth-order valence-corrected chi connectivity index (χ4v) is 2.26. The maximum Gasteiger partial charge on any atom is 0.329 e.